The van der Waals surface area contributed by atoms with E-state index in [1.807, 2.05) is 0 Å². The number of hydrogen-bond donors (Lipinski definition) is 6. The van der Waals surface area contributed by atoms with Gasteiger partial charge in [0, 0.05) is 44.5 Å². The maximum absolute atomic E-state index is 13.1. The Labute approximate surface area is 259 Å². The molecule has 0 aliphatic rings. The molecule has 0 fully saturated rings. The molecular formula is C30H64O10Si2. The zero-order valence-corrected chi connectivity index (χ0v) is 29.8. The Bertz CT molecular complexity index is 581. The van der Waals surface area contributed by atoms with Crippen molar-refractivity contribution >= 4 is 31.1 Å². The summed E-state index contributed by atoms with van der Waals surface area (Å²) < 4.78 is 7.45. The van der Waals surface area contributed by atoms with Crippen LogP contribution in [0.3, 0.4) is 0 Å². The van der Waals surface area contributed by atoms with Crippen molar-refractivity contribution in [1.29, 1.82) is 0 Å². The predicted molar refractivity (Wildman–Crippen MR) is 170 cm³/mol. The minimum atomic E-state index is -4.34. The van der Waals surface area contributed by atoms with Gasteiger partial charge in [0.25, 0.3) is 0 Å². The van der Waals surface area contributed by atoms with Gasteiger partial charge in [-0.25, -0.2) is 4.58 Å². The molecular weight excluding hydrogens is 576 g/mol. The van der Waals surface area contributed by atoms with Crippen molar-refractivity contribution in [3.63, 3.8) is 0 Å². The van der Waals surface area contributed by atoms with E-state index in [1.165, 1.54) is 77.0 Å². The van der Waals surface area contributed by atoms with E-state index in [-0.39, 0.29) is 41.9 Å². The third-order valence-electron chi connectivity index (χ3n) is 7.66. The van der Waals surface area contributed by atoms with Crippen LogP contribution in [0.1, 0.15) is 142 Å². The van der Waals surface area contributed by atoms with Crippen LogP contribution in [0.5, 0.6) is 0 Å². The summed E-state index contributed by atoms with van der Waals surface area (Å²) >= 11 is 0. The van der Waals surface area contributed by atoms with Crippen LogP contribution in [0.15, 0.2) is 0 Å². The lowest BCUT2D eigenvalue weighted by atomic mass is 9.75. The highest BCUT2D eigenvalue weighted by atomic mass is 28.4. The quantitative estimate of drug-likeness (QED) is 0.0234. The molecule has 12 heteroatoms. The second-order valence-electron chi connectivity index (χ2n) is 11.4. The molecule has 0 saturated carbocycles. The third-order valence-corrected chi connectivity index (χ3v) is 8.55. The summed E-state index contributed by atoms with van der Waals surface area (Å²) in [6.07, 6.45) is 21.5. The molecule has 1 atom stereocenters. The van der Waals surface area contributed by atoms with E-state index in [0.29, 0.717) is 12.8 Å². The van der Waals surface area contributed by atoms with Crippen LogP contribution in [-0.2, 0) is 18.7 Å². The minimum Gasteiger partial charge on any atom is -0.396 e. The first-order valence-corrected chi connectivity index (χ1v) is 19.0. The maximum Gasteiger partial charge on any atom is 0.698 e. The van der Waals surface area contributed by atoms with Crippen molar-refractivity contribution in [1.82, 2.24) is 0 Å². The number of hydrogen-bond acceptors (Lipinski definition) is 10. The number of ketones is 2. The molecule has 0 aromatic rings. The van der Waals surface area contributed by atoms with E-state index in [9.17, 15) is 24.9 Å². The average molecular weight is 641 g/mol. The molecule has 0 amide bonds. The zero-order valence-electron chi connectivity index (χ0n) is 26.8. The van der Waals surface area contributed by atoms with Crippen molar-refractivity contribution in [2.24, 2.45) is 17.8 Å². The van der Waals surface area contributed by atoms with Crippen LogP contribution < -0.4 is 0 Å². The van der Waals surface area contributed by atoms with E-state index in [4.69, 9.17) is 14.4 Å². The largest absolute Gasteiger partial charge is 0.698 e. The fourth-order valence-electron chi connectivity index (χ4n) is 5.15. The van der Waals surface area contributed by atoms with Gasteiger partial charge in [0.1, 0.15) is 11.6 Å². The highest BCUT2D eigenvalue weighted by Crippen LogP contribution is 2.27. The molecule has 252 valence electrons. The first-order valence-electron chi connectivity index (χ1n) is 16.4. The van der Waals surface area contributed by atoms with Crippen LogP contribution in [0, 0.1) is 17.8 Å². The fraction of sp³-hybridized carbons (Fsp3) is 0.933. The number of aliphatic hydroxyl groups excluding tert-OH is 3. The molecule has 0 radical (unpaired) electrons. The standard InChI is InChI=1S/C30H58O5.H6O5Si2/c1-3-5-7-9-11-13-15-17-19-21-28(34)30(27(25-33)26(23-31)24-32)29(35)22-20-18-16-14-12-10-8-6-4-2;1-7(2,3)5-4-6/h26-27,30-33H,3-25H2,1-2H3;1-3H,6H3. The lowest BCUT2D eigenvalue weighted by Gasteiger charge is -2.29. The van der Waals surface area contributed by atoms with Gasteiger partial charge < -0.3 is 34.3 Å². The molecule has 0 aromatic carbocycles. The Morgan fingerprint density at radius 1 is 0.595 bits per heavy atom. The number of aliphatic hydroxyl groups is 3. The number of carbonyl (C=O) groups excluding carboxylic acids is 2. The monoisotopic (exact) mass is 640 g/mol. The topological polar surface area (TPSA) is 174 Å². The molecule has 0 bridgehead atoms. The Morgan fingerprint density at radius 3 is 1.17 bits per heavy atom. The van der Waals surface area contributed by atoms with Crippen molar-refractivity contribution in [2.45, 2.75) is 142 Å². The van der Waals surface area contributed by atoms with Crippen LogP contribution in [0.2, 0.25) is 0 Å². The summed E-state index contributed by atoms with van der Waals surface area (Å²) in [7, 11) is -4.14. The molecule has 1 unspecified atom stereocenters. The second-order valence-corrected chi connectivity index (χ2v) is 13.0. The molecule has 0 aliphatic heterocycles. The van der Waals surface area contributed by atoms with Crippen molar-refractivity contribution in [3.05, 3.63) is 0 Å². The fourth-order valence-corrected chi connectivity index (χ4v) is 6.05. The van der Waals surface area contributed by atoms with Gasteiger partial charge in [-0.3, -0.25) is 9.59 Å². The van der Waals surface area contributed by atoms with Gasteiger partial charge in [0.05, 0.1) is 5.92 Å². The summed E-state index contributed by atoms with van der Waals surface area (Å²) in [5, 5.41) is 29.3. The maximum atomic E-state index is 13.1. The lowest BCUT2D eigenvalue weighted by Crippen LogP contribution is -2.40. The zero-order chi connectivity index (χ0) is 32.1. The summed E-state index contributed by atoms with van der Waals surface area (Å²) in [6, 6.07) is 0. The highest BCUT2D eigenvalue weighted by Gasteiger charge is 2.37. The van der Waals surface area contributed by atoms with Gasteiger partial charge in [0.15, 0.2) is 10.5 Å². The van der Waals surface area contributed by atoms with Crippen molar-refractivity contribution in [3.8, 4) is 0 Å². The minimum absolute atomic E-state index is 0.125. The van der Waals surface area contributed by atoms with Crippen LogP contribution in [0.25, 0.3) is 0 Å². The Hall–Kier alpha value is -0.546. The Balaban J connectivity index is 0. The van der Waals surface area contributed by atoms with Gasteiger partial charge in [-0.2, -0.15) is 0 Å². The van der Waals surface area contributed by atoms with Gasteiger partial charge in [-0.15, -0.1) is 0 Å². The average Bonchev–Trinajstić information content (AvgIpc) is 2.95. The molecule has 0 aliphatic carbocycles. The van der Waals surface area contributed by atoms with Gasteiger partial charge in [-0.05, 0) is 12.8 Å². The van der Waals surface area contributed by atoms with Crippen molar-refractivity contribution < 1.29 is 48.4 Å². The predicted octanol–water partition coefficient (Wildman–Crippen LogP) is 3.42. The summed E-state index contributed by atoms with van der Waals surface area (Å²) in [5.74, 6) is -2.52. The number of Topliss-reactive ketones (excluding diaryl/α,β-unsaturated/α-hetero) is 2. The molecule has 42 heavy (non-hydrogen) atoms. The Kier molecular flexibility index (Phi) is 31.6. The van der Waals surface area contributed by atoms with E-state index in [2.05, 4.69) is 23.0 Å². The SMILES string of the molecule is CCCCCCCCCCCC(=O)C(C(=O)CCCCCCCCCCC)C(CO)C(CO)CO.O[Si](O)(O)OO[SiH3]. The molecule has 0 heterocycles. The van der Waals surface area contributed by atoms with Crippen molar-refractivity contribution in [2.75, 3.05) is 19.8 Å². The van der Waals surface area contributed by atoms with E-state index < -0.39 is 26.8 Å². The van der Waals surface area contributed by atoms with E-state index in [1.54, 1.807) is 0 Å². The highest BCUT2D eigenvalue weighted by molar-refractivity contribution is 6.48. The molecule has 6 N–H and O–H groups in total. The number of rotatable bonds is 29. The van der Waals surface area contributed by atoms with Crippen LogP contribution >= 0.6 is 0 Å². The van der Waals surface area contributed by atoms with Crippen LogP contribution in [0.4, 0.5) is 0 Å². The molecule has 0 aromatic heterocycles. The first-order chi connectivity index (χ1) is 20.1. The summed E-state index contributed by atoms with van der Waals surface area (Å²) in [5.41, 5.74) is 0. The number of carbonyl (C=O) groups is 2. The molecule has 0 saturated heterocycles. The molecule has 10 nitrogen and oxygen atoms in total. The van der Waals surface area contributed by atoms with E-state index in [0.717, 1.165) is 38.5 Å². The van der Waals surface area contributed by atoms with Gasteiger partial charge in [-0.1, -0.05) is 117 Å². The van der Waals surface area contributed by atoms with E-state index >= 15 is 0 Å². The Morgan fingerprint density at radius 2 is 0.929 bits per heavy atom. The summed E-state index contributed by atoms with van der Waals surface area (Å²) in [4.78, 5) is 50.0. The van der Waals surface area contributed by atoms with Crippen LogP contribution in [-0.4, -0.2) is 80.6 Å². The second kappa shape index (κ2) is 30.5. The number of unbranched alkanes of at least 4 members (excludes halogenated alkanes) is 16. The lowest BCUT2D eigenvalue weighted by molar-refractivity contribution is -0.173. The third kappa shape index (κ3) is 25.9. The summed E-state index contributed by atoms with van der Waals surface area (Å²) in [6.45, 7) is 3.39. The molecule has 0 rings (SSSR count). The first kappa shape index (κ1) is 43.6. The smallest absolute Gasteiger partial charge is 0.396 e. The molecule has 0 spiro atoms. The normalized spacial score (nSPS) is 12.5. The van der Waals surface area contributed by atoms with Gasteiger partial charge >= 0.3 is 9.05 Å². The van der Waals surface area contributed by atoms with Gasteiger partial charge in [0.2, 0.25) is 0 Å².